The molecule has 21 heavy (non-hydrogen) atoms. The summed E-state index contributed by atoms with van der Waals surface area (Å²) in [6.07, 6.45) is 0.840. The minimum atomic E-state index is 0.716. The number of pyridine rings is 1. The van der Waals surface area contributed by atoms with Crippen molar-refractivity contribution in [3.05, 3.63) is 52.3 Å². The topological polar surface area (TPSA) is 34.1 Å². The van der Waals surface area contributed by atoms with Crippen LogP contribution in [0.1, 0.15) is 30.8 Å². The molecule has 0 aliphatic heterocycles. The number of nitrogens with zero attached hydrogens (tertiary/aromatic N) is 1. The summed E-state index contributed by atoms with van der Waals surface area (Å²) in [5.41, 5.74) is 3.02. The van der Waals surface area contributed by atoms with Gasteiger partial charge in [0, 0.05) is 22.8 Å². The van der Waals surface area contributed by atoms with Crippen molar-refractivity contribution in [3.8, 4) is 11.5 Å². The number of nitrogens with one attached hydrogen (secondary N) is 1. The Morgan fingerprint density at radius 3 is 2.62 bits per heavy atom. The lowest BCUT2D eigenvalue weighted by Crippen LogP contribution is -2.12. The zero-order valence-electron chi connectivity index (χ0n) is 12.7. The van der Waals surface area contributed by atoms with Crippen molar-refractivity contribution >= 4 is 11.6 Å². The first-order valence-electron chi connectivity index (χ1n) is 7.27. The molecule has 4 heteroatoms. The molecular formula is C17H21ClN2O. The Morgan fingerprint density at radius 1 is 1.14 bits per heavy atom. The summed E-state index contributed by atoms with van der Waals surface area (Å²) in [5, 5.41) is 4.02. The van der Waals surface area contributed by atoms with Gasteiger partial charge < -0.3 is 10.1 Å². The van der Waals surface area contributed by atoms with Crippen LogP contribution in [0.3, 0.4) is 0 Å². The van der Waals surface area contributed by atoms with Gasteiger partial charge in [0.2, 0.25) is 0 Å². The average Bonchev–Trinajstić information content (AvgIpc) is 2.48. The molecule has 0 atom stereocenters. The maximum Gasteiger partial charge on any atom is 0.148 e. The number of ether oxygens (including phenoxy) is 1. The van der Waals surface area contributed by atoms with Gasteiger partial charge >= 0.3 is 0 Å². The Kier molecular flexibility index (Phi) is 5.59. The van der Waals surface area contributed by atoms with Crippen LogP contribution in [0, 0.1) is 6.92 Å². The molecule has 1 heterocycles. The van der Waals surface area contributed by atoms with E-state index in [9.17, 15) is 0 Å². The molecule has 1 N–H and O–H groups in total. The maximum atomic E-state index is 6.08. The van der Waals surface area contributed by atoms with Crippen LogP contribution in [0.5, 0.6) is 11.5 Å². The Morgan fingerprint density at radius 2 is 1.90 bits per heavy atom. The van der Waals surface area contributed by atoms with Gasteiger partial charge in [-0.3, -0.25) is 4.98 Å². The monoisotopic (exact) mass is 304 g/mol. The lowest BCUT2D eigenvalue weighted by Gasteiger charge is -2.14. The SMILES string of the molecule is CCNCc1cc(Cl)ccc1Oc1ccc(C)nc1CC. The van der Waals surface area contributed by atoms with Crippen LogP contribution in [0.15, 0.2) is 30.3 Å². The fraction of sp³-hybridized carbons (Fsp3) is 0.353. The molecule has 2 aromatic rings. The predicted molar refractivity (Wildman–Crippen MR) is 87.3 cm³/mol. The highest BCUT2D eigenvalue weighted by molar-refractivity contribution is 6.30. The minimum Gasteiger partial charge on any atom is -0.455 e. The summed E-state index contributed by atoms with van der Waals surface area (Å²) < 4.78 is 6.08. The van der Waals surface area contributed by atoms with Crippen LogP contribution in [-0.4, -0.2) is 11.5 Å². The Labute approximate surface area is 131 Å². The zero-order valence-corrected chi connectivity index (χ0v) is 13.5. The van der Waals surface area contributed by atoms with Crippen molar-refractivity contribution in [1.29, 1.82) is 0 Å². The first kappa shape index (κ1) is 15.8. The second-order valence-corrected chi connectivity index (χ2v) is 5.32. The van der Waals surface area contributed by atoms with Gasteiger partial charge in [0.05, 0.1) is 5.69 Å². The predicted octanol–water partition coefficient (Wildman–Crippen LogP) is 4.51. The molecule has 0 spiro atoms. The standard InChI is InChI=1S/C17H21ClN2O/c1-4-15-17(8-6-12(3)20-15)21-16-9-7-14(18)10-13(16)11-19-5-2/h6-10,19H,4-5,11H2,1-3H3. The van der Waals surface area contributed by atoms with Crippen LogP contribution in [0.4, 0.5) is 0 Å². The van der Waals surface area contributed by atoms with E-state index in [2.05, 4.69) is 24.1 Å². The molecule has 3 nitrogen and oxygen atoms in total. The van der Waals surface area contributed by atoms with E-state index in [1.807, 2.05) is 37.3 Å². The second-order valence-electron chi connectivity index (χ2n) is 4.89. The Hall–Kier alpha value is -1.58. The summed E-state index contributed by atoms with van der Waals surface area (Å²) in [6.45, 7) is 7.77. The van der Waals surface area contributed by atoms with Gasteiger partial charge in [0.1, 0.15) is 11.5 Å². The van der Waals surface area contributed by atoms with Gasteiger partial charge in [-0.25, -0.2) is 0 Å². The van der Waals surface area contributed by atoms with Crippen molar-refractivity contribution in [2.75, 3.05) is 6.54 Å². The van der Waals surface area contributed by atoms with E-state index in [4.69, 9.17) is 16.3 Å². The number of aryl methyl sites for hydroxylation is 2. The molecule has 0 saturated heterocycles. The third kappa shape index (κ3) is 4.19. The van der Waals surface area contributed by atoms with Gasteiger partial charge in [-0.1, -0.05) is 25.4 Å². The molecule has 0 unspecified atom stereocenters. The summed E-state index contributed by atoms with van der Waals surface area (Å²) in [7, 11) is 0. The third-order valence-corrected chi connectivity index (χ3v) is 3.45. The molecule has 0 aliphatic rings. The quantitative estimate of drug-likeness (QED) is 0.852. The van der Waals surface area contributed by atoms with Crippen molar-refractivity contribution in [2.45, 2.75) is 33.7 Å². The van der Waals surface area contributed by atoms with E-state index in [1.54, 1.807) is 0 Å². The normalized spacial score (nSPS) is 10.7. The number of rotatable bonds is 6. The number of aromatic nitrogens is 1. The molecule has 1 aromatic heterocycles. The number of halogens is 1. The number of benzene rings is 1. The maximum absolute atomic E-state index is 6.08. The van der Waals surface area contributed by atoms with Crippen LogP contribution < -0.4 is 10.1 Å². The van der Waals surface area contributed by atoms with Crippen LogP contribution >= 0.6 is 11.6 Å². The van der Waals surface area contributed by atoms with Crippen molar-refractivity contribution in [2.24, 2.45) is 0 Å². The molecule has 0 aliphatic carbocycles. The fourth-order valence-electron chi connectivity index (χ4n) is 2.11. The van der Waals surface area contributed by atoms with E-state index >= 15 is 0 Å². The summed E-state index contributed by atoms with van der Waals surface area (Å²) in [6, 6.07) is 9.64. The van der Waals surface area contributed by atoms with Gasteiger partial charge in [-0.15, -0.1) is 0 Å². The summed E-state index contributed by atoms with van der Waals surface area (Å²) in [5.74, 6) is 1.63. The largest absolute Gasteiger partial charge is 0.455 e. The average molecular weight is 305 g/mol. The lowest BCUT2D eigenvalue weighted by molar-refractivity contribution is 0.464. The molecule has 0 bridgehead atoms. The van der Waals surface area contributed by atoms with E-state index in [0.717, 1.165) is 48.0 Å². The zero-order chi connectivity index (χ0) is 15.2. The van der Waals surface area contributed by atoms with Crippen LogP contribution in [0.25, 0.3) is 0 Å². The molecule has 2 rings (SSSR count). The van der Waals surface area contributed by atoms with Gasteiger partial charge in [0.25, 0.3) is 0 Å². The molecule has 112 valence electrons. The van der Waals surface area contributed by atoms with Crippen LogP contribution in [-0.2, 0) is 13.0 Å². The molecule has 0 radical (unpaired) electrons. The first-order chi connectivity index (χ1) is 10.1. The van der Waals surface area contributed by atoms with E-state index in [1.165, 1.54) is 0 Å². The molecule has 0 saturated carbocycles. The van der Waals surface area contributed by atoms with Crippen molar-refractivity contribution in [1.82, 2.24) is 10.3 Å². The van der Waals surface area contributed by atoms with Gasteiger partial charge in [0.15, 0.2) is 0 Å². The molecule has 0 amide bonds. The first-order valence-corrected chi connectivity index (χ1v) is 7.65. The molecular weight excluding hydrogens is 284 g/mol. The summed E-state index contributed by atoms with van der Waals surface area (Å²) in [4.78, 5) is 4.53. The highest BCUT2D eigenvalue weighted by Crippen LogP contribution is 2.30. The minimum absolute atomic E-state index is 0.716. The second kappa shape index (κ2) is 7.43. The van der Waals surface area contributed by atoms with E-state index in [-0.39, 0.29) is 0 Å². The summed E-state index contributed by atoms with van der Waals surface area (Å²) >= 11 is 6.08. The highest BCUT2D eigenvalue weighted by atomic mass is 35.5. The molecule has 0 fully saturated rings. The van der Waals surface area contributed by atoms with E-state index < -0.39 is 0 Å². The molecule has 1 aromatic carbocycles. The van der Waals surface area contributed by atoms with Crippen molar-refractivity contribution in [3.63, 3.8) is 0 Å². The van der Waals surface area contributed by atoms with E-state index in [0.29, 0.717) is 5.02 Å². The van der Waals surface area contributed by atoms with Gasteiger partial charge in [-0.05, 0) is 50.2 Å². The van der Waals surface area contributed by atoms with Gasteiger partial charge in [-0.2, -0.15) is 0 Å². The lowest BCUT2D eigenvalue weighted by atomic mass is 10.2. The van der Waals surface area contributed by atoms with Crippen molar-refractivity contribution < 1.29 is 4.74 Å². The number of hydrogen-bond donors (Lipinski definition) is 1. The highest BCUT2D eigenvalue weighted by Gasteiger charge is 2.09. The smallest absolute Gasteiger partial charge is 0.148 e. The Balaban J connectivity index is 2.30. The Bertz CT molecular complexity index is 614. The third-order valence-electron chi connectivity index (χ3n) is 3.21. The number of hydrogen-bond acceptors (Lipinski definition) is 3. The van der Waals surface area contributed by atoms with Crippen LogP contribution in [0.2, 0.25) is 5.02 Å². The fourth-order valence-corrected chi connectivity index (χ4v) is 2.30.